The molecule has 1 unspecified atom stereocenters. The number of hydrogen-bond acceptors (Lipinski definition) is 3. The summed E-state index contributed by atoms with van der Waals surface area (Å²) < 4.78 is 0.980. The Morgan fingerprint density at radius 2 is 1.89 bits per heavy atom. The van der Waals surface area contributed by atoms with E-state index in [0.29, 0.717) is 0 Å². The molecule has 0 saturated heterocycles. The van der Waals surface area contributed by atoms with Crippen LogP contribution in [0.3, 0.4) is 0 Å². The highest BCUT2D eigenvalue weighted by molar-refractivity contribution is 9.10. The van der Waals surface area contributed by atoms with Crippen molar-refractivity contribution in [2.75, 3.05) is 13.1 Å². The molecule has 0 fully saturated rings. The smallest absolute Gasteiger partial charge is 0.317 e. The summed E-state index contributed by atoms with van der Waals surface area (Å²) in [7, 11) is 0. The standard InChI is InChI=1S/C12H15BrN2O3/c1-8(9-2-4-10(13)5-3-9)15-11(16)6-14-7-12(17)18/h2-5,8,14H,6-7H2,1H3,(H,15,16)(H,17,18). The Kier molecular flexibility index (Phi) is 5.80. The van der Waals surface area contributed by atoms with Gasteiger partial charge in [-0.15, -0.1) is 0 Å². The van der Waals surface area contributed by atoms with Crippen molar-refractivity contribution in [3.05, 3.63) is 34.3 Å². The Labute approximate surface area is 114 Å². The monoisotopic (exact) mass is 314 g/mol. The van der Waals surface area contributed by atoms with Crippen molar-refractivity contribution in [2.24, 2.45) is 0 Å². The molecule has 1 aromatic carbocycles. The molecule has 0 aliphatic heterocycles. The van der Waals surface area contributed by atoms with Gasteiger partial charge in [-0.05, 0) is 24.6 Å². The fraction of sp³-hybridized carbons (Fsp3) is 0.333. The zero-order valence-electron chi connectivity index (χ0n) is 9.94. The van der Waals surface area contributed by atoms with Gasteiger partial charge in [0.25, 0.3) is 0 Å². The number of hydrogen-bond donors (Lipinski definition) is 3. The Balaban J connectivity index is 2.39. The van der Waals surface area contributed by atoms with Crippen molar-refractivity contribution < 1.29 is 14.7 Å². The quantitative estimate of drug-likeness (QED) is 0.739. The molecule has 1 aromatic rings. The number of carbonyl (C=O) groups excluding carboxylic acids is 1. The number of aliphatic carboxylic acids is 1. The van der Waals surface area contributed by atoms with Gasteiger partial charge in [0.1, 0.15) is 0 Å². The van der Waals surface area contributed by atoms with Crippen LogP contribution in [0.5, 0.6) is 0 Å². The molecule has 1 amide bonds. The maximum Gasteiger partial charge on any atom is 0.317 e. The van der Waals surface area contributed by atoms with Crippen molar-refractivity contribution in [1.82, 2.24) is 10.6 Å². The molecule has 5 nitrogen and oxygen atoms in total. The van der Waals surface area contributed by atoms with E-state index in [4.69, 9.17) is 5.11 Å². The van der Waals surface area contributed by atoms with E-state index >= 15 is 0 Å². The number of carbonyl (C=O) groups is 2. The summed E-state index contributed by atoms with van der Waals surface area (Å²) in [5, 5.41) is 13.7. The average Bonchev–Trinajstić information content (AvgIpc) is 2.29. The van der Waals surface area contributed by atoms with Gasteiger partial charge in [0, 0.05) is 4.47 Å². The molecular weight excluding hydrogens is 300 g/mol. The molecule has 6 heteroatoms. The summed E-state index contributed by atoms with van der Waals surface area (Å²) in [6, 6.07) is 7.53. The van der Waals surface area contributed by atoms with Crippen LogP contribution in [-0.2, 0) is 9.59 Å². The van der Waals surface area contributed by atoms with Gasteiger partial charge in [-0.1, -0.05) is 28.1 Å². The number of rotatable bonds is 6. The molecular formula is C12H15BrN2O3. The van der Waals surface area contributed by atoms with Gasteiger partial charge in [-0.25, -0.2) is 0 Å². The molecule has 0 radical (unpaired) electrons. The molecule has 1 atom stereocenters. The van der Waals surface area contributed by atoms with Crippen molar-refractivity contribution >= 4 is 27.8 Å². The van der Waals surface area contributed by atoms with Crippen LogP contribution in [-0.4, -0.2) is 30.1 Å². The molecule has 98 valence electrons. The van der Waals surface area contributed by atoms with Crippen molar-refractivity contribution in [1.29, 1.82) is 0 Å². The van der Waals surface area contributed by atoms with Gasteiger partial charge in [0.2, 0.25) is 5.91 Å². The van der Waals surface area contributed by atoms with Gasteiger partial charge in [-0.2, -0.15) is 0 Å². The second kappa shape index (κ2) is 7.13. The lowest BCUT2D eigenvalue weighted by molar-refractivity contribution is -0.136. The number of benzene rings is 1. The summed E-state index contributed by atoms with van der Waals surface area (Å²) in [6.45, 7) is 1.64. The van der Waals surface area contributed by atoms with E-state index in [2.05, 4.69) is 26.6 Å². The van der Waals surface area contributed by atoms with Gasteiger partial charge < -0.3 is 10.4 Å². The fourth-order valence-electron chi connectivity index (χ4n) is 1.41. The van der Waals surface area contributed by atoms with E-state index in [1.54, 1.807) is 0 Å². The van der Waals surface area contributed by atoms with E-state index in [0.717, 1.165) is 10.0 Å². The van der Waals surface area contributed by atoms with Gasteiger partial charge >= 0.3 is 5.97 Å². The van der Waals surface area contributed by atoms with E-state index in [-0.39, 0.29) is 25.0 Å². The van der Waals surface area contributed by atoms with Crippen LogP contribution in [0.2, 0.25) is 0 Å². The van der Waals surface area contributed by atoms with E-state index < -0.39 is 5.97 Å². The molecule has 18 heavy (non-hydrogen) atoms. The molecule has 0 aromatic heterocycles. The lowest BCUT2D eigenvalue weighted by Crippen LogP contribution is -2.37. The van der Waals surface area contributed by atoms with Crippen LogP contribution in [0.15, 0.2) is 28.7 Å². The Hall–Kier alpha value is -1.40. The maximum atomic E-state index is 11.5. The molecule has 0 bridgehead atoms. The fourth-order valence-corrected chi connectivity index (χ4v) is 1.67. The number of halogens is 1. The summed E-state index contributed by atoms with van der Waals surface area (Å²) in [6.07, 6.45) is 0. The lowest BCUT2D eigenvalue weighted by atomic mass is 10.1. The first-order valence-electron chi connectivity index (χ1n) is 5.46. The molecule has 0 aliphatic rings. The molecule has 0 spiro atoms. The van der Waals surface area contributed by atoms with Crippen molar-refractivity contribution in [3.63, 3.8) is 0 Å². The number of amides is 1. The van der Waals surface area contributed by atoms with Crippen LogP contribution in [0.4, 0.5) is 0 Å². The van der Waals surface area contributed by atoms with Crippen LogP contribution >= 0.6 is 15.9 Å². The highest BCUT2D eigenvalue weighted by atomic mass is 79.9. The Morgan fingerprint density at radius 3 is 2.44 bits per heavy atom. The lowest BCUT2D eigenvalue weighted by Gasteiger charge is -2.14. The van der Waals surface area contributed by atoms with Crippen LogP contribution in [0, 0.1) is 0 Å². The van der Waals surface area contributed by atoms with Gasteiger partial charge in [0.15, 0.2) is 0 Å². The van der Waals surface area contributed by atoms with Gasteiger partial charge in [0.05, 0.1) is 19.1 Å². The molecule has 3 N–H and O–H groups in total. The summed E-state index contributed by atoms with van der Waals surface area (Å²) in [4.78, 5) is 21.8. The predicted molar refractivity (Wildman–Crippen MR) is 71.2 cm³/mol. The maximum absolute atomic E-state index is 11.5. The SMILES string of the molecule is CC(NC(=O)CNCC(=O)O)c1ccc(Br)cc1. The highest BCUT2D eigenvalue weighted by Gasteiger charge is 2.09. The van der Waals surface area contributed by atoms with Crippen LogP contribution < -0.4 is 10.6 Å². The second-order valence-corrected chi connectivity index (χ2v) is 4.75. The normalized spacial score (nSPS) is 11.9. The number of carboxylic acids is 1. The van der Waals surface area contributed by atoms with Crippen molar-refractivity contribution in [2.45, 2.75) is 13.0 Å². The summed E-state index contributed by atoms with van der Waals surface area (Å²) in [5.41, 5.74) is 0.991. The van der Waals surface area contributed by atoms with Crippen LogP contribution in [0.25, 0.3) is 0 Å². The average molecular weight is 315 g/mol. The van der Waals surface area contributed by atoms with E-state index in [9.17, 15) is 9.59 Å². The minimum atomic E-state index is -0.983. The van der Waals surface area contributed by atoms with E-state index in [1.165, 1.54) is 0 Å². The summed E-state index contributed by atoms with van der Waals surface area (Å²) in [5.74, 6) is -1.21. The third kappa shape index (κ3) is 5.29. The molecule has 0 aliphatic carbocycles. The van der Waals surface area contributed by atoms with Crippen molar-refractivity contribution in [3.8, 4) is 0 Å². The zero-order chi connectivity index (χ0) is 13.5. The first-order valence-corrected chi connectivity index (χ1v) is 6.25. The Morgan fingerprint density at radius 1 is 1.28 bits per heavy atom. The molecule has 0 heterocycles. The highest BCUT2D eigenvalue weighted by Crippen LogP contribution is 2.16. The summed E-state index contributed by atoms with van der Waals surface area (Å²) >= 11 is 3.34. The number of nitrogens with one attached hydrogen (secondary N) is 2. The third-order valence-corrected chi connectivity index (χ3v) is 2.84. The largest absolute Gasteiger partial charge is 0.480 e. The number of carboxylic acid groups (broad SMARTS) is 1. The van der Waals surface area contributed by atoms with E-state index in [1.807, 2.05) is 31.2 Å². The molecule has 1 rings (SSSR count). The topological polar surface area (TPSA) is 78.4 Å². The predicted octanol–water partition coefficient (Wildman–Crippen LogP) is 1.30. The minimum Gasteiger partial charge on any atom is -0.480 e. The molecule has 0 saturated carbocycles. The van der Waals surface area contributed by atoms with Crippen LogP contribution in [0.1, 0.15) is 18.5 Å². The second-order valence-electron chi connectivity index (χ2n) is 3.84. The Bertz CT molecular complexity index is 420. The van der Waals surface area contributed by atoms with Gasteiger partial charge in [-0.3, -0.25) is 14.9 Å². The minimum absolute atomic E-state index is 0.00678. The zero-order valence-corrected chi connectivity index (χ0v) is 11.5. The third-order valence-electron chi connectivity index (χ3n) is 2.31. The first kappa shape index (κ1) is 14.7. The first-order chi connectivity index (χ1) is 8.49.